The number of carbonyl (C=O) groups excluding carboxylic acids is 2. The number of aromatic nitrogens is 2. The number of nitrogens with zero attached hydrogens (tertiary/aromatic N) is 4. The highest BCUT2D eigenvalue weighted by Gasteiger charge is 2.55. The second-order valence-corrected chi connectivity index (χ2v) is 12.7. The molecule has 1 aromatic heterocycles. The fraction of sp³-hybridized carbons (Fsp3) is 0.289. The van der Waals surface area contributed by atoms with E-state index in [1.54, 1.807) is 31.4 Å². The zero-order valence-corrected chi connectivity index (χ0v) is 28.3. The molecule has 2 atom stereocenters. The number of benzene rings is 4. The summed E-state index contributed by atoms with van der Waals surface area (Å²) < 4.78 is 9.25. The van der Waals surface area contributed by atoms with Gasteiger partial charge in [0.25, 0.3) is 5.91 Å². The number of halogens is 1. The van der Waals surface area contributed by atoms with Gasteiger partial charge in [-0.25, -0.2) is 9.13 Å². The molecule has 3 heterocycles. The Balaban J connectivity index is 0.00000372. The van der Waals surface area contributed by atoms with Crippen LogP contribution in [0, 0.1) is 13.8 Å². The first kappa shape index (κ1) is 31.5. The molecule has 0 aliphatic carbocycles. The zero-order valence-electron chi connectivity index (χ0n) is 26.7. The fourth-order valence-electron chi connectivity index (χ4n) is 7.34. The van der Waals surface area contributed by atoms with Gasteiger partial charge in [-0.15, -0.1) is 0 Å². The number of rotatable bonds is 8. The van der Waals surface area contributed by atoms with Gasteiger partial charge in [-0.3, -0.25) is 9.59 Å². The number of ether oxygens (including phenoxy) is 1. The molecule has 0 N–H and O–H groups in total. The standard InChI is InChI=1S/C38H39N4O3.BrH/c1-26-20-33-34(21-27(26)2)40(25-39(33)23-35(43)29-14-16-30(45-4)17-15-29)24-36(44)41-19-18-38(3)31-12-8-9-13-32(31)42(37(38)41)22-28-10-6-5-7-11-28;/h5-17,20-21,25,37H,18-19,22-24H2,1-4H3;1H/q+1;/p-1. The Morgan fingerprint density at radius 2 is 1.63 bits per heavy atom. The lowest BCUT2D eigenvalue weighted by molar-refractivity contribution is -0.657. The second kappa shape index (κ2) is 12.4. The first-order valence-corrected chi connectivity index (χ1v) is 15.6. The summed E-state index contributed by atoms with van der Waals surface area (Å²) in [5.74, 6) is 0.798. The fourth-order valence-corrected chi connectivity index (χ4v) is 7.34. The van der Waals surface area contributed by atoms with E-state index >= 15 is 0 Å². The number of fused-ring (bicyclic) bond motifs is 4. The summed E-state index contributed by atoms with van der Waals surface area (Å²) in [5, 5.41) is 0. The first-order valence-electron chi connectivity index (χ1n) is 15.6. The number of likely N-dealkylation sites (tertiary alicyclic amines) is 1. The van der Waals surface area contributed by atoms with Crippen molar-refractivity contribution in [1.82, 2.24) is 9.47 Å². The van der Waals surface area contributed by atoms with Gasteiger partial charge in [0.1, 0.15) is 11.9 Å². The van der Waals surface area contributed by atoms with Gasteiger partial charge in [0.15, 0.2) is 24.1 Å². The lowest BCUT2D eigenvalue weighted by Crippen LogP contribution is -3.00. The van der Waals surface area contributed by atoms with Crippen LogP contribution < -0.4 is 31.2 Å². The summed E-state index contributed by atoms with van der Waals surface area (Å²) in [6, 6.07) is 30.6. The maximum absolute atomic E-state index is 14.3. The van der Waals surface area contributed by atoms with E-state index in [4.69, 9.17) is 4.74 Å². The van der Waals surface area contributed by atoms with Crippen molar-refractivity contribution in [2.75, 3.05) is 18.6 Å². The summed E-state index contributed by atoms with van der Waals surface area (Å²) in [5.41, 5.74) is 8.40. The van der Waals surface area contributed by atoms with Crippen molar-refractivity contribution in [3.8, 4) is 5.75 Å². The number of amides is 1. The number of anilines is 1. The molecule has 46 heavy (non-hydrogen) atoms. The number of hydrogen-bond acceptors (Lipinski definition) is 4. The van der Waals surface area contributed by atoms with E-state index in [1.165, 1.54) is 16.8 Å². The highest BCUT2D eigenvalue weighted by molar-refractivity contribution is 5.95. The van der Waals surface area contributed by atoms with E-state index in [9.17, 15) is 9.59 Å². The first-order chi connectivity index (χ1) is 21.8. The number of carbonyl (C=O) groups is 2. The third kappa shape index (κ3) is 5.38. The maximum atomic E-state index is 14.3. The largest absolute Gasteiger partial charge is 1.00 e. The smallest absolute Gasteiger partial charge is 0.266 e. The lowest BCUT2D eigenvalue weighted by Gasteiger charge is -2.36. The molecular weight excluding hydrogens is 640 g/mol. The minimum Gasteiger partial charge on any atom is -1.00 e. The van der Waals surface area contributed by atoms with Gasteiger partial charge >= 0.3 is 0 Å². The highest BCUT2D eigenvalue weighted by atomic mass is 79.9. The van der Waals surface area contributed by atoms with E-state index in [-0.39, 0.29) is 53.3 Å². The van der Waals surface area contributed by atoms with Crippen molar-refractivity contribution in [3.05, 3.63) is 125 Å². The molecule has 0 spiro atoms. The Morgan fingerprint density at radius 1 is 0.935 bits per heavy atom. The molecule has 1 saturated heterocycles. The summed E-state index contributed by atoms with van der Waals surface area (Å²) >= 11 is 0. The molecule has 0 bridgehead atoms. The van der Waals surface area contributed by atoms with Crippen molar-refractivity contribution >= 4 is 28.4 Å². The van der Waals surface area contributed by atoms with Crippen LogP contribution in [0.1, 0.15) is 46.0 Å². The van der Waals surface area contributed by atoms with Crippen molar-refractivity contribution in [2.24, 2.45) is 0 Å². The Kier molecular flexibility index (Phi) is 8.51. The maximum Gasteiger partial charge on any atom is 0.266 e. The van der Waals surface area contributed by atoms with E-state index in [2.05, 4.69) is 91.2 Å². The number of Topliss-reactive ketones (excluding diaryl/α,β-unsaturated/α-hetero) is 1. The summed E-state index contributed by atoms with van der Waals surface area (Å²) in [6.07, 6.45) is 2.77. The van der Waals surface area contributed by atoms with Gasteiger partial charge in [0.2, 0.25) is 12.1 Å². The lowest BCUT2D eigenvalue weighted by atomic mass is 9.81. The average Bonchev–Trinajstić information content (AvgIpc) is 3.65. The Morgan fingerprint density at radius 3 is 2.37 bits per heavy atom. The topological polar surface area (TPSA) is 58.7 Å². The number of imidazole rings is 1. The molecule has 2 aliphatic heterocycles. The van der Waals surface area contributed by atoms with Crippen LogP contribution in [0.3, 0.4) is 0 Å². The summed E-state index contributed by atoms with van der Waals surface area (Å²) in [4.78, 5) is 32.2. The molecule has 7 rings (SSSR count). The highest BCUT2D eigenvalue weighted by Crippen LogP contribution is 2.52. The third-order valence-electron chi connectivity index (χ3n) is 9.90. The number of ketones is 1. The molecular formula is C38H39BrN4O3. The van der Waals surface area contributed by atoms with Crippen LogP contribution in [0.25, 0.3) is 11.0 Å². The van der Waals surface area contributed by atoms with E-state index < -0.39 is 0 Å². The Labute approximate surface area is 280 Å². The molecule has 2 aliphatic rings. The molecule has 5 aromatic rings. The predicted octanol–water partition coefficient (Wildman–Crippen LogP) is 2.98. The van der Waals surface area contributed by atoms with Crippen LogP contribution >= 0.6 is 0 Å². The van der Waals surface area contributed by atoms with E-state index in [1.807, 2.05) is 21.5 Å². The Hall–Kier alpha value is -4.43. The minimum absolute atomic E-state index is 0. The minimum atomic E-state index is -0.155. The predicted molar refractivity (Wildman–Crippen MR) is 175 cm³/mol. The van der Waals surface area contributed by atoms with Gasteiger partial charge in [-0.05, 0) is 85.0 Å². The quantitative estimate of drug-likeness (QED) is 0.187. The molecule has 236 valence electrons. The molecule has 7 nitrogen and oxygen atoms in total. The monoisotopic (exact) mass is 678 g/mol. The molecule has 0 radical (unpaired) electrons. The third-order valence-corrected chi connectivity index (χ3v) is 9.90. The average molecular weight is 680 g/mol. The molecule has 2 unspecified atom stereocenters. The van der Waals surface area contributed by atoms with E-state index in [0.717, 1.165) is 35.1 Å². The zero-order chi connectivity index (χ0) is 31.3. The van der Waals surface area contributed by atoms with Gasteiger partial charge in [-0.2, -0.15) is 0 Å². The van der Waals surface area contributed by atoms with Crippen LogP contribution in [0.2, 0.25) is 0 Å². The van der Waals surface area contributed by atoms with Crippen LogP contribution in [0.5, 0.6) is 5.75 Å². The van der Waals surface area contributed by atoms with Gasteiger partial charge in [-0.1, -0.05) is 55.5 Å². The normalized spacial score (nSPS) is 18.3. The van der Waals surface area contributed by atoms with Gasteiger partial charge in [0, 0.05) is 29.8 Å². The number of methoxy groups -OCH3 is 1. The summed E-state index contributed by atoms with van der Waals surface area (Å²) in [6.45, 7) is 8.29. The molecule has 1 amide bonds. The number of hydrogen-bond donors (Lipinski definition) is 0. The van der Waals surface area contributed by atoms with Gasteiger partial charge in [0.05, 0.1) is 7.11 Å². The van der Waals surface area contributed by atoms with Crippen LogP contribution in [-0.2, 0) is 29.8 Å². The van der Waals surface area contributed by atoms with E-state index in [0.29, 0.717) is 17.9 Å². The van der Waals surface area contributed by atoms with Crippen molar-refractivity contribution in [2.45, 2.75) is 58.4 Å². The summed E-state index contributed by atoms with van der Waals surface area (Å²) in [7, 11) is 1.61. The van der Waals surface area contributed by atoms with Crippen molar-refractivity contribution in [3.63, 3.8) is 0 Å². The molecule has 0 saturated carbocycles. The molecule has 1 fully saturated rings. The number of aryl methyl sites for hydroxylation is 2. The van der Waals surface area contributed by atoms with Crippen LogP contribution in [-0.4, -0.2) is 41.0 Å². The SMILES string of the molecule is COc1ccc(C(=O)C[n+]2cn(CC(=O)N3CCC4(C)c5ccccc5N(Cc5ccccc5)C34)c3cc(C)c(C)cc32)cc1.[Br-]. The van der Waals surface area contributed by atoms with Crippen LogP contribution in [0.15, 0.2) is 97.3 Å². The Bertz CT molecular complexity index is 1920. The number of para-hydroxylation sites is 1. The van der Waals surface area contributed by atoms with Crippen LogP contribution in [0.4, 0.5) is 5.69 Å². The molecule has 8 heteroatoms. The van der Waals surface area contributed by atoms with Crippen molar-refractivity contribution < 1.29 is 35.9 Å². The second-order valence-electron chi connectivity index (χ2n) is 12.7. The van der Waals surface area contributed by atoms with Crippen molar-refractivity contribution in [1.29, 1.82) is 0 Å². The van der Waals surface area contributed by atoms with Gasteiger partial charge < -0.3 is 31.5 Å². The molecule has 4 aromatic carbocycles.